The van der Waals surface area contributed by atoms with E-state index in [1.807, 2.05) is 18.2 Å². The molecular formula is C9H5IN2S. The maximum absolute atomic E-state index is 8.81. The van der Waals surface area contributed by atoms with Crippen molar-refractivity contribution in [3.8, 4) is 6.07 Å². The highest BCUT2D eigenvalue weighted by Gasteiger charge is 2.08. The molecule has 2 rings (SSSR count). The first-order chi connectivity index (χ1) is 6.22. The third kappa shape index (κ3) is 1.38. The van der Waals surface area contributed by atoms with Gasteiger partial charge in [-0.25, -0.2) is 0 Å². The molecule has 0 fully saturated rings. The zero-order valence-corrected chi connectivity index (χ0v) is 9.52. The molecule has 0 saturated heterocycles. The van der Waals surface area contributed by atoms with Crippen LogP contribution in [0.3, 0.4) is 0 Å². The molecule has 2 nitrogen and oxygen atoms in total. The second-order valence-corrected chi connectivity index (χ2v) is 4.74. The zero-order chi connectivity index (χ0) is 9.42. The maximum atomic E-state index is 8.81. The first-order valence-corrected chi connectivity index (χ1v) is 5.49. The Morgan fingerprint density at radius 1 is 1.46 bits per heavy atom. The van der Waals surface area contributed by atoms with Crippen LogP contribution < -0.4 is 5.73 Å². The van der Waals surface area contributed by atoms with Gasteiger partial charge in [0, 0.05) is 19.3 Å². The normalized spacial score (nSPS) is 10.2. The first-order valence-electron chi connectivity index (χ1n) is 3.60. The number of hydrogen-bond donors (Lipinski definition) is 1. The van der Waals surface area contributed by atoms with Crippen molar-refractivity contribution < 1.29 is 0 Å². The second kappa shape index (κ2) is 3.16. The van der Waals surface area contributed by atoms with Gasteiger partial charge in [-0.1, -0.05) is 0 Å². The quantitative estimate of drug-likeness (QED) is 0.600. The van der Waals surface area contributed by atoms with Crippen molar-refractivity contribution in [1.29, 1.82) is 5.26 Å². The summed E-state index contributed by atoms with van der Waals surface area (Å²) in [4.78, 5) is 0.765. The lowest BCUT2D eigenvalue weighted by Crippen LogP contribution is -1.82. The van der Waals surface area contributed by atoms with Crippen molar-refractivity contribution in [1.82, 2.24) is 0 Å². The Kier molecular flexibility index (Phi) is 2.14. The zero-order valence-electron chi connectivity index (χ0n) is 6.54. The number of nitriles is 1. The lowest BCUT2D eigenvalue weighted by molar-refractivity contribution is 1.52. The molecule has 0 amide bonds. The van der Waals surface area contributed by atoms with Crippen LogP contribution in [0.5, 0.6) is 0 Å². The van der Waals surface area contributed by atoms with Crippen molar-refractivity contribution in [2.75, 3.05) is 5.73 Å². The van der Waals surface area contributed by atoms with Crippen LogP contribution in [0.15, 0.2) is 18.2 Å². The summed E-state index contributed by atoms with van der Waals surface area (Å²) < 4.78 is 2.13. The van der Waals surface area contributed by atoms with Gasteiger partial charge in [0.25, 0.3) is 0 Å². The highest BCUT2D eigenvalue weighted by atomic mass is 127. The number of thiophene rings is 1. The van der Waals surface area contributed by atoms with Crippen LogP contribution in [0.25, 0.3) is 10.1 Å². The number of hydrogen-bond acceptors (Lipinski definition) is 3. The molecule has 1 heterocycles. The SMILES string of the molecule is N#Cc1sc2ccc(N)cc2c1I. The van der Waals surface area contributed by atoms with Crippen molar-refractivity contribution in [2.45, 2.75) is 0 Å². The second-order valence-electron chi connectivity index (χ2n) is 2.61. The topological polar surface area (TPSA) is 49.8 Å². The van der Waals surface area contributed by atoms with Crippen LogP contribution in [0.2, 0.25) is 0 Å². The largest absolute Gasteiger partial charge is 0.399 e. The molecule has 0 unspecified atom stereocenters. The molecule has 0 saturated carbocycles. The summed E-state index contributed by atoms with van der Waals surface area (Å²) in [6, 6.07) is 7.90. The molecule has 2 N–H and O–H groups in total. The van der Waals surface area contributed by atoms with E-state index in [0.717, 1.165) is 24.2 Å². The summed E-state index contributed by atoms with van der Waals surface area (Å²) in [5.74, 6) is 0. The van der Waals surface area contributed by atoms with Crippen molar-refractivity contribution in [3.05, 3.63) is 26.6 Å². The number of rotatable bonds is 0. The summed E-state index contributed by atoms with van der Waals surface area (Å²) in [5, 5.41) is 9.90. The van der Waals surface area contributed by atoms with E-state index < -0.39 is 0 Å². The maximum Gasteiger partial charge on any atom is 0.119 e. The number of fused-ring (bicyclic) bond motifs is 1. The molecule has 1 aromatic heterocycles. The summed E-state index contributed by atoms with van der Waals surface area (Å²) in [5.41, 5.74) is 6.41. The lowest BCUT2D eigenvalue weighted by Gasteiger charge is -1.92. The molecular weight excluding hydrogens is 295 g/mol. The molecule has 0 aliphatic rings. The predicted molar refractivity (Wildman–Crippen MR) is 63.7 cm³/mol. The van der Waals surface area contributed by atoms with Crippen LogP contribution in [0, 0.1) is 14.9 Å². The van der Waals surface area contributed by atoms with E-state index in [0.29, 0.717) is 0 Å². The molecule has 0 aliphatic heterocycles. The molecule has 1 aromatic carbocycles. The van der Waals surface area contributed by atoms with Gasteiger partial charge >= 0.3 is 0 Å². The first kappa shape index (κ1) is 8.78. The van der Waals surface area contributed by atoms with E-state index in [9.17, 15) is 0 Å². The van der Waals surface area contributed by atoms with Crippen LogP contribution >= 0.6 is 33.9 Å². The van der Waals surface area contributed by atoms with Crippen molar-refractivity contribution >= 4 is 49.7 Å². The van der Waals surface area contributed by atoms with E-state index in [-0.39, 0.29) is 0 Å². The summed E-state index contributed by atoms with van der Waals surface area (Å²) in [6.45, 7) is 0. The van der Waals surface area contributed by atoms with Crippen LogP contribution in [0.4, 0.5) is 5.69 Å². The number of nitrogens with two attached hydrogens (primary N) is 1. The van der Waals surface area contributed by atoms with Crippen molar-refractivity contribution in [2.24, 2.45) is 0 Å². The smallest absolute Gasteiger partial charge is 0.119 e. The van der Waals surface area contributed by atoms with Gasteiger partial charge in [-0.3, -0.25) is 0 Å². The fraction of sp³-hybridized carbons (Fsp3) is 0. The van der Waals surface area contributed by atoms with Gasteiger partial charge in [0.05, 0.1) is 0 Å². The molecule has 0 atom stereocenters. The third-order valence-corrected chi connectivity index (χ3v) is 4.31. The van der Waals surface area contributed by atoms with Gasteiger partial charge in [0.1, 0.15) is 10.9 Å². The van der Waals surface area contributed by atoms with Gasteiger partial charge in [-0.2, -0.15) is 5.26 Å². The Labute approximate surface area is 93.1 Å². The lowest BCUT2D eigenvalue weighted by atomic mass is 10.2. The molecule has 0 radical (unpaired) electrons. The predicted octanol–water partition coefficient (Wildman–Crippen LogP) is 2.96. The van der Waals surface area contributed by atoms with Crippen LogP contribution in [-0.2, 0) is 0 Å². The highest BCUT2D eigenvalue weighted by Crippen LogP contribution is 2.32. The number of halogens is 1. The van der Waals surface area contributed by atoms with E-state index in [4.69, 9.17) is 11.0 Å². The summed E-state index contributed by atoms with van der Waals surface area (Å²) in [7, 11) is 0. The molecule has 0 aliphatic carbocycles. The van der Waals surface area contributed by atoms with E-state index in [1.54, 1.807) is 0 Å². The average Bonchev–Trinajstić information content (AvgIpc) is 2.44. The minimum absolute atomic E-state index is 0.743. The van der Waals surface area contributed by atoms with E-state index in [2.05, 4.69) is 28.7 Å². The van der Waals surface area contributed by atoms with Gasteiger partial charge in [-0.15, -0.1) is 11.3 Å². The molecule has 4 heteroatoms. The van der Waals surface area contributed by atoms with Crippen molar-refractivity contribution in [3.63, 3.8) is 0 Å². The van der Waals surface area contributed by atoms with Crippen LogP contribution in [0.1, 0.15) is 4.88 Å². The Bertz CT molecular complexity index is 510. The fourth-order valence-corrected chi connectivity index (χ4v) is 3.11. The Balaban J connectivity index is 2.87. The van der Waals surface area contributed by atoms with Gasteiger partial charge < -0.3 is 5.73 Å². The third-order valence-electron chi connectivity index (χ3n) is 1.75. The standard InChI is InChI=1S/C9H5IN2S/c10-9-6-3-5(12)1-2-7(6)13-8(9)4-11/h1-3H,12H2. The molecule has 13 heavy (non-hydrogen) atoms. The number of nitrogens with zero attached hydrogens (tertiary/aromatic N) is 1. The average molecular weight is 300 g/mol. The molecule has 2 aromatic rings. The highest BCUT2D eigenvalue weighted by molar-refractivity contribution is 14.1. The molecule has 0 spiro atoms. The number of anilines is 1. The minimum atomic E-state index is 0.743. The van der Waals surface area contributed by atoms with Crippen LogP contribution in [-0.4, -0.2) is 0 Å². The van der Waals surface area contributed by atoms with Gasteiger partial charge in [-0.05, 0) is 40.8 Å². The number of nitrogen functional groups attached to an aromatic ring is 1. The Morgan fingerprint density at radius 2 is 2.23 bits per heavy atom. The fourth-order valence-electron chi connectivity index (χ4n) is 1.16. The van der Waals surface area contributed by atoms with E-state index in [1.165, 1.54) is 11.3 Å². The van der Waals surface area contributed by atoms with Gasteiger partial charge in [0.2, 0.25) is 0 Å². The van der Waals surface area contributed by atoms with Gasteiger partial charge in [0.15, 0.2) is 0 Å². The molecule has 0 bridgehead atoms. The summed E-state index contributed by atoms with van der Waals surface area (Å²) in [6.07, 6.45) is 0. The summed E-state index contributed by atoms with van der Waals surface area (Å²) >= 11 is 3.69. The Hall–Kier alpha value is -0.800. The Morgan fingerprint density at radius 3 is 2.92 bits per heavy atom. The monoisotopic (exact) mass is 300 g/mol. The molecule has 64 valence electrons. The minimum Gasteiger partial charge on any atom is -0.399 e. The number of benzene rings is 1. The van der Waals surface area contributed by atoms with E-state index >= 15 is 0 Å².